The Morgan fingerprint density at radius 3 is 2.45 bits per heavy atom. The first kappa shape index (κ1) is 14.0. The fraction of sp³-hybridized carbons (Fsp3) is 0.0526. The Labute approximate surface area is 129 Å². The molecule has 0 aliphatic heterocycles. The van der Waals surface area contributed by atoms with Crippen LogP contribution in [0.4, 0.5) is 5.69 Å². The van der Waals surface area contributed by atoms with Crippen LogP contribution in [0.15, 0.2) is 67.4 Å². The molecule has 0 bridgehead atoms. The van der Waals surface area contributed by atoms with E-state index in [-0.39, 0.29) is 5.91 Å². The number of carbonyl (C=O) groups excluding carboxylic acids is 1. The number of hydrogen-bond donors (Lipinski definition) is 1. The minimum absolute atomic E-state index is 0.148. The van der Waals surface area contributed by atoms with Gasteiger partial charge in [-0.2, -0.15) is 0 Å². The summed E-state index contributed by atoms with van der Waals surface area (Å²) in [5.41, 5.74) is 4.21. The second-order valence-electron chi connectivity index (χ2n) is 5.23. The Bertz CT molecular complexity index is 851. The van der Waals surface area contributed by atoms with Gasteiger partial charge in [-0.05, 0) is 36.8 Å². The predicted molar refractivity (Wildman–Crippen MR) is 90.8 cm³/mol. The lowest BCUT2D eigenvalue weighted by Crippen LogP contribution is -2.12. The van der Waals surface area contributed by atoms with Gasteiger partial charge in [-0.1, -0.05) is 42.5 Å². The summed E-state index contributed by atoms with van der Waals surface area (Å²) in [6.07, 6.45) is 1.67. The van der Waals surface area contributed by atoms with Crippen molar-refractivity contribution in [3.63, 3.8) is 0 Å². The summed E-state index contributed by atoms with van der Waals surface area (Å²) in [5, 5.41) is 3.87. The zero-order valence-electron chi connectivity index (χ0n) is 12.3. The summed E-state index contributed by atoms with van der Waals surface area (Å²) in [6.45, 7) is 5.83. The van der Waals surface area contributed by atoms with Crippen LogP contribution in [0, 0.1) is 0 Å². The summed E-state index contributed by atoms with van der Waals surface area (Å²) in [5.74, 6) is -0.148. The number of carbonyl (C=O) groups is 1. The normalized spacial score (nSPS) is 10.4. The molecule has 1 aromatic heterocycles. The quantitative estimate of drug-likeness (QED) is 0.770. The van der Waals surface area contributed by atoms with Crippen molar-refractivity contribution in [2.75, 3.05) is 5.32 Å². The molecule has 2 aromatic carbocycles. The molecule has 3 aromatic rings. The van der Waals surface area contributed by atoms with Crippen molar-refractivity contribution in [1.29, 1.82) is 0 Å². The molecular weight excluding hydrogens is 272 g/mol. The van der Waals surface area contributed by atoms with Crippen molar-refractivity contribution in [2.45, 2.75) is 6.92 Å². The molecule has 22 heavy (non-hydrogen) atoms. The minimum Gasteiger partial charge on any atom is -0.321 e. The Balaban J connectivity index is 1.81. The van der Waals surface area contributed by atoms with Crippen molar-refractivity contribution < 1.29 is 4.79 Å². The van der Waals surface area contributed by atoms with E-state index in [0.29, 0.717) is 11.3 Å². The summed E-state index contributed by atoms with van der Waals surface area (Å²) >= 11 is 0. The van der Waals surface area contributed by atoms with Gasteiger partial charge in [-0.15, -0.1) is 0 Å². The molecule has 3 heteroatoms. The third-order valence-electron chi connectivity index (χ3n) is 3.49. The second kappa shape index (κ2) is 5.82. The average Bonchev–Trinajstić information content (AvgIpc) is 2.55. The van der Waals surface area contributed by atoms with Gasteiger partial charge in [0.2, 0.25) is 0 Å². The molecule has 1 heterocycles. The van der Waals surface area contributed by atoms with E-state index >= 15 is 0 Å². The SMILES string of the molecule is C=C(C)c1ccc(C(=O)Nc2cnc3ccccc3c2)cc1. The molecule has 108 valence electrons. The number of para-hydroxylation sites is 1. The maximum Gasteiger partial charge on any atom is 0.255 e. The van der Waals surface area contributed by atoms with Crippen LogP contribution >= 0.6 is 0 Å². The van der Waals surface area contributed by atoms with Crippen molar-refractivity contribution >= 4 is 28.1 Å². The number of pyridine rings is 1. The Hall–Kier alpha value is -2.94. The standard InChI is InChI=1S/C19H16N2O/c1-13(2)14-7-9-15(10-8-14)19(22)21-17-11-16-5-3-4-6-18(16)20-12-17/h3-12H,1H2,2H3,(H,21,22). The van der Waals surface area contributed by atoms with Crippen LogP contribution in [0.2, 0.25) is 0 Å². The van der Waals surface area contributed by atoms with Crippen LogP contribution in [0.5, 0.6) is 0 Å². The van der Waals surface area contributed by atoms with E-state index in [1.807, 2.05) is 49.4 Å². The van der Waals surface area contributed by atoms with Crippen molar-refractivity contribution in [2.24, 2.45) is 0 Å². The van der Waals surface area contributed by atoms with Gasteiger partial charge < -0.3 is 5.32 Å². The Kier molecular flexibility index (Phi) is 3.71. The monoisotopic (exact) mass is 288 g/mol. The zero-order chi connectivity index (χ0) is 15.5. The fourth-order valence-corrected chi connectivity index (χ4v) is 2.25. The third-order valence-corrected chi connectivity index (χ3v) is 3.49. The summed E-state index contributed by atoms with van der Waals surface area (Å²) in [7, 11) is 0. The lowest BCUT2D eigenvalue weighted by Gasteiger charge is -2.07. The van der Waals surface area contributed by atoms with Gasteiger partial charge in [0, 0.05) is 10.9 Å². The molecule has 1 N–H and O–H groups in total. The zero-order valence-corrected chi connectivity index (χ0v) is 12.3. The van der Waals surface area contributed by atoms with E-state index in [2.05, 4.69) is 16.9 Å². The summed E-state index contributed by atoms with van der Waals surface area (Å²) in [6, 6.07) is 17.1. The molecule has 0 aliphatic rings. The number of nitrogens with one attached hydrogen (secondary N) is 1. The largest absolute Gasteiger partial charge is 0.321 e. The van der Waals surface area contributed by atoms with Crippen LogP contribution in [0.3, 0.4) is 0 Å². The highest BCUT2D eigenvalue weighted by atomic mass is 16.1. The smallest absolute Gasteiger partial charge is 0.255 e. The number of aromatic nitrogens is 1. The van der Waals surface area contributed by atoms with Gasteiger partial charge in [-0.25, -0.2) is 0 Å². The topological polar surface area (TPSA) is 42.0 Å². The van der Waals surface area contributed by atoms with E-state index in [1.165, 1.54) is 0 Å². The van der Waals surface area contributed by atoms with Crippen molar-refractivity contribution in [1.82, 2.24) is 4.98 Å². The number of allylic oxidation sites excluding steroid dienone is 1. The number of anilines is 1. The molecule has 0 aliphatic carbocycles. The molecule has 1 amide bonds. The number of rotatable bonds is 3. The van der Waals surface area contributed by atoms with E-state index in [0.717, 1.165) is 22.0 Å². The molecule has 0 radical (unpaired) electrons. The van der Waals surface area contributed by atoms with E-state index in [4.69, 9.17) is 0 Å². The highest BCUT2D eigenvalue weighted by Crippen LogP contribution is 2.17. The Morgan fingerprint density at radius 2 is 1.73 bits per heavy atom. The first-order valence-electron chi connectivity index (χ1n) is 7.05. The third kappa shape index (κ3) is 2.88. The number of hydrogen-bond acceptors (Lipinski definition) is 2. The first-order chi connectivity index (χ1) is 10.6. The lowest BCUT2D eigenvalue weighted by atomic mass is 10.1. The highest BCUT2D eigenvalue weighted by Gasteiger charge is 2.07. The molecule has 0 saturated carbocycles. The number of benzene rings is 2. The summed E-state index contributed by atoms with van der Waals surface area (Å²) in [4.78, 5) is 16.6. The molecule has 3 nitrogen and oxygen atoms in total. The highest BCUT2D eigenvalue weighted by molar-refractivity contribution is 6.05. The van der Waals surface area contributed by atoms with Crippen LogP contribution < -0.4 is 5.32 Å². The number of nitrogens with zero attached hydrogens (tertiary/aromatic N) is 1. The van der Waals surface area contributed by atoms with Crippen LogP contribution in [0.25, 0.3) is 16.5 Å². The first-order valence-corrected chi connectivity index (χ1v) is 7.05. The van der Waals surface area contributed by atoms with Crippen LogP contribution in [0.1, 0.15) is 22.8 Å². The van der Waals surface area contributed by atoms with Crippen molar-refractivity contribution in [3.8, 4) is 0 Å². The molecule has 3 rings (SSSR count). The predicted octanol–water partition coefficient (Wildman–Crippen LogP) is 4.52. The van der Waals surface area contributed by atoms with E-state index < -0.39 is 0 Å². The molecule has 0 saturated heterocycles. The van der Waals surface area contributed by atoms with Gasteiger partial charge in [0.25, 0.3) is 5.91 Å². The molecule has 0 atom stereocenters. The molecule has 0 unspecified atom stereocenters. The Morgan fingerprint density at radius 1 is 1.05 bits per heavy atom. The maximum absolute atomic E-state index is 12.3. The average molecular weight is 288 g/mol. The van der Waals surface area contributed by atoms with Gasteiger partial charge in [0.15, 0.2) is 0 Å². The van der Waals surface area contributed by atoms with Gasteiger partial charge in [0.05, 0.1) is 17.4 Å². The number of fused-ring (bicyclic) bond motifs is 1. The van der Waals surface area contributed by atoms with Gasteiger partial charge in [-0.3, -0.25) is 9.78 Å². The van der Waals surface area contributed by atoms with Gasteiger partial charge >= 0.3 is 0 Å². The van der Waals surface area contributed by atoms with E-state index in [9.17, 15) is 4.79 Å². The summed E-state index contributed by atoms with van der Waals surface area (Å²) < 4.78 is 0. The van der Waals surface area contributed by atoms with Crippen LogP contribution in [-0.4, -0.2) is 10.9 Å². The molecular formula is C19H16N2O. The number of amides is 1. The van der Waals surface area contributed by atoms with Crippen molar-refractivity contribution in [3.05, 3.63) is 78.5 Å². The van der Waals surface area contributed by atoms with E-state index in [1.54, 1.807) is 18.3 Å². The van der Waals surface area contributed by atoms with Gasteiger partial charge in [0.1, 0.15) is 0 Å². The minimum atomic E-state index is -0.148. The van der Waals surface area contributed by atoms with Crippen LogP contribution in [-0.2, 0) is 0 Å². The fourth-order valence-electron chi connectivity index (χ4n) is 2.25. The maximum atomic E-state index is 12.3. The molecule has 0 spiro atoms. The second-order valence-corrected chi connectivity index (χ2v) is 5.23. The molecule has 0 fully saturated rings. The lowest BCUT2D eigenvalue weighted by molar-refractivity contribution is 0.102.